The highest BCUT2D eigenvalue weighted by molar-refractivity contribution is 5.41. The van der Waals surface area contributed by atoms with Crippen molar-refractivity contribution < 1.29 is 4.74 Å². The molecule has 1 aromatic heterocycles. The lowest BCUT2D eigenvalue weighted by Gasteiger charge is -2.35. The van der Waals surface area contributed by atoms with Gasteiger partial charge >= 0.3 is 0 Å². The first-order valence-electron chi connectivity index (χ1n) is 7.21. The summed E-state index contributed by atoms with van der Waals surface area (Å²) in [5.74, 6) is 2.47. The third-order valence-electron chi connectivity index (χ3n) is 4.37. The second-order valence-corrected chi connectivity index (χ2v) is 5.45. The first kappa shape index (κ1) is 12.7. The van der Waals surface area contributed by atoms with Gasteiger partial charge < -0.3 is 15.0 Å². The van der Waals surface area contributed by atoms with Crippen LogP contribution in [0.15, 0.2) is 12.4 Å². The second kappa shape index (κ2) is 5.74. The van der Waals surface area contributed by atoms with Crippen LogP contribution >= 0.6 is 0 Å². The number of ether oxygens (including phenoxy) is 1. The Kier molecular flexibility index (Phi) is 3.82. The van der Waals surface area contributed by atoms with Crippen molar-refractivity contribution in [3.05, 3.63) is 12.4 Å². The molecule has 0 aliphatic carbocycles. The lowest BCUT2D eigenvalue weighted by molar-refractivity contribution is 0.318. The molecular weight excluding hydrogens is 240 g/mol. The molecule has 3 rings (SSSR count). The summed E-state index contributed by atoms with van der Waals surface area (Å²) in [7, 11) is 1.64. The Morgan fingerprint density at radius 2 is 2.11 bits per heavy atom. The first-order valence-corrected chi connectivity index (χ1v) is 7.21. The number of hydrogen-bond donors (Lipinski definition) is 1. The van der Waals surface area contributed by atoms with Gasteiger partial charge in [-0.05, 0) is 38.1 Å². The standard InChI is InChI=1S/C14H22N4O/c1-19-14-9-13(16-10-17-14)18-7-4-11(5-8-18)12-3-2-6-15-12/h9-12,15H,2-8H2,1H3. The number of hydrogen-bond acceptors (Lipinski definition) is 5. The van der Waals surface area contributed by atoms with Crippen molar-refractivity contribution in [3.63, 3.8) is 0 Å². The Labute approximate surface area is 114 Å². The molecule has 19 heavy (non-hydrogen) atoms. The van der Waals surface area contributed by atoms with Crippen LogP contribution in [0.25, 0.3) is 0 Å². The van der Waals surface area contributed by atoms with Crippen molar-refractivity contribution in [1.82, 2.24) is 15.3 Å². The van der Waals surface area contributed by atoms with Crippen LogP contribution in [0, 0.1) is 5.92 Å². The number of aromatic nitrogens is 2. The van der Waals surface area contributed by atoms with Gasteiger partial charge in [-0.15, -0.1) is 0 Å². The minimum absolute atomic E-state index is 0.643. The number of methoxy groups -OCH3 is 1. The SMILES string of the molecule is COc1cc(N2CCC(C3CCCN3)CC2)ncn1. The molecule has 0 amide bonds. The number of piperidine rings is 1. The van der Waals surface area contributed by atoms with Gasteiger partial charge in [0, 0.05) is 25.2 Å². The third kappa shape index (κ3) is 2.81. The molecule has 1 unspecified atom stereocenters. The lowest BCUT2D eigenvalue weighted by atomic mass is 9.88. The minimum Gasteiger partial charge on any atom is -0.481 e. The van der Waals surface area contributed by atoms with Gasteiger partial charge in [0.05, 0.1) is 7.11 Å². The van der Waals surface area contributed by atoms with Crippen molar-refractivity contribution in [3.8, 4) is 5.88 Å². The molecule has 1 aromatic rings. The zero-order valence-corrected chi connectivity index (χ0v) is 11.5. The van der Waals surface area contributed by atoms with Crippen molar-refractivity contribution in [2.45, 2.75) is 31.7 Å². The number of anilines is 1. The van der Waals surface area contributed by atoms with E-state index in [1.54, 1.807) is 13.4 Å². The van der Waals surface area contributed by atoms with E-state index in [1.165, 1.54) is 32.2 Å². The molecule has 0 aromatic carbocycles. The lowest BCUT2D eigenvalue weighted by Crippen LogP contribution is -2.41. The molecule has 2 aliphatic rings. The van der Waals surface area contributed by atoms with Crippen LogP contribution in [-0.4, -0.2) is 42.8 Å². The van der Waals surface area contributed by atoms with Gasteiger partial charge in [-0.3, -0.25) is 0 Å². The fourth-order valence-corrected chi connectivity index (χ4v) is 3.26. The van der Waals surface area contributed by atoms with Crippen molar-refractivity contribution >= 4 is 5.82 Å². The van der Waals surface area contributed by atoms with Gasteiger partial charge in [0.2, 0.25) is 5.88 Å². The highest BCUT2D eigenvalue weighted by Gasteiger charge is 2.28. The van der Waals surface area contributed by atoms with Gasteiger partial charge in [0.25, 0.3) is 0 Å². The van der Waals surface area contributed by atoms with E-state index in [1.807, 2.05) is 6.07 Å². The van der Waals surface area contributed by atoms with Gasteiger partial charge in [-0.2, -0.15) is 0 Å². The molecule has 1 atom stereocenters. The Morgan fingerprint density at radius 3 is 2.79 bits per heavy atom. The van der Waals surface area contributed by atoms with E-state index in [-0.39, 0.29) is 0 Å². The molecule has 2 saturated heterocycles. The largest absolute Gasteiger partial charge is 0.481 e. The smallest absolute Gasteiger partial charge is 0.218 e. The average Bonchev–Trinajstić information content (AvgIpc) is 3.02. The topological polar surface area (TPSA) is 50.3 Å². The predicted molar refractivity (Wildman–Crippen MR) is 74.5 cm³/mol. The fourth-order valence-electron chi connectivity index (χ4n) is 3.26. The quantitative estimate of drug-likeness (QED) is 0.893. The first-order chi connectivity index (χ1) is 9.36. The van der Waals surface area contributed by atoms with Crippen LogP contribution in [-0.2, 0) is 0 Å². The Hall–Kier alpha value is -1.36. The van der Waals surface area contributed by atoms with E-state index in [9.17, 15) is 0 Å². The van der Waals surface area contributed by atoms with Crippen LogP contribution in [0.5, 0.6) is 5.88 Å². The van der Waals surface area contributed by atoms with Crippen molar-refractivity contribution in [1.29, 1.82) is 0 Å². The highest BCUT2D eigenvalue weighted by atomic mass is 16.5. The van der Waals surface area contributed by atoms with Crippen molar-refractivity contribution in [2.75, 3.05) is 31.6 Å². The van der Waals surface area contributed by atoms with Crippen LogP contribution in [0.1, 0.15) is 25.7 Å². The number of nitrogens with zero attached hydrogens (tertiary/aromatic N) is 3. The zero-order valence-electron chi connectivity index (χ0n) is 11.5. The minimum atomic E-state index is 0.643. The molecule has 0 spiro atoms. The fraction of sp³-hybridized carbons (Fsp3) is 0.714. The van der Waals surface area contributed by atoms with Gasteiger partial charge in [0.1, 0.15) is 12.1 Å². The Bertz CT molecular complexity index is 412. The summed E-state index contributed by atoms with van der Waals surface area (Å²) in [6.45, 7) is 3.38. The molecule has 3 heterocycles. The summed E-state index contributed by atoms with van der Waals surface area (Å²) >= 11 is 0. The van der Waals surface area contributed by atoms with Crippen LogP contribution in [0.2, 0.25) is 0 Å². The van der Waals surface area contributed by atoms with E-state index in [4.69, 9.17) is 4.74 Å². The summed E-state index contributed by atoms with van der Waals surface area (Å²) in [5.41, 5.74) is 0. The van der Waals surface area contributed by atoms with Crippen LogP contribution < -0.4 is 15.0 Å². The Morgan fingerprint density at radius 1 is 1.26 bits per heavy atom. The molecule has 2 aliphatic heterocycles. The summed E-state index contributed by atoms with van der Waals surface area (Å²) < 4.78 is 5.16. The predicted octanol–water partition coefficient (Wildman–Crippen LogP) is 1.45. The molecule has 104 valence electrons. The molecule has 2 fully saturated rings. The maximum atomic E-state index is 5.16. The van der Waals surface area contributed by atoms with Gasteiger partial charge in [-0.1, -0.05) is 0 Å². The van der Waals surface area contributed by atoms with E-state index in [0.717, 1.165) is 30.9 Å². The zero-order chi connectivity index (χ0) is 13.1. The molecular formula is C14H22N4O. The number of rotatable bonds is 3. The molecule has 5 heteroatoms. The highest BCUT2D eigenvalue weighted by Crippen LogP contribution is 2.28. The van der Waals surface area contributed by atoms with Gasteiger partial charge in [0.15, 0.2) is 0 Å². The second-order valence-electron chi connectivity index (χ2n) is 5.45. The Balaban J connectivity index is 1.59. The molecule has 0 radical (unpaired) electrons. The summed E-state index contributed by atoms with van der Waals surface area (Å²) in [6, 6.07) is 2.68. The van der Waals surface area contributed by atoms with E-state index in [2.05, 4.69) is 20.2 Å². The van der Waals surface area contributed by atoms with Crippen LogP contribution in [0.3, 0.4) is 0 Å². The van der Waals surface area contributed by atoms with Crippen molar-refractivity contribution in [2.24, 2.45) is 5.92 Å². The molecule has 5 nitrogen and oxygen atoms in total. The normalized spacial score (nSPS) is 24.7. The maximum absolute atomic E-state index is 5.16. The summed E-state index contributed by atoms with van der Waals surface area (Å²) in [4.78, 5) is 10.8. The molecule has 1 N–H and O–H groups in total. The summed E-state index contributed by atoms with van der Waals surface area (Å²) in [6.07, 6.45) is 6.78. The third-order valence-corrected chi connectivity index (χ3v) is 4.37. The van der Waals surface area contributed by atoms with Gasteiger partial charge in [-0.25, -0.2) is 9.97 Å². The maximum Gasteiger partial charge on any atom is 0.218 e. The van der Waals surface area contributed by atoms with E-state index < -0.39 is 0 Å². The van der Waals surface area contributed by atoms with Crippen LogP contribution in [0.4, 0.5) is 5.82 Å². The number of nitrogens with one attached hydrogen (secondary N) is 1. The molecule has 0 saturated carbocycles. The summed E-state index contributed by atoms with van der Waals surface area (Å²) in [5, 5.41) is 3.64. The van der Waals surface area contributed by atoms with E-state index >= 15 is 0 Å². The average molecular weight is 262 g/mol. The monoisotopic (exact) mass is 262 g/mol. The van der Waals surface area contributed by atoms with E-state index in [0.29, 0.717) is 5.88 Å². The molecule has 0 bridgehead atoms.